The molecule has 0 N–H and O–H groups in total. The third-order valence-corrected chi connectivity index (χ3v) is 4.70. The standard InChI is InChI=1S/C23H24Cl2N2O6/c1-5-32-21(30)18(25)33-22(31)26(19(28)16-11-13-17(24)14-12-16)27(23(2,3)4)20(29)15-9-7-6-8-10-15/h6-14,18H,5H2,1-4H3. The summed E-state index contributed by atoms with van der Waals surface area (Å²) in [6, 6.07) is 13.8. The van der Waals surface area contributed by atoms with Crippen molar-refractivity contribution in [2.75, 3.05) is 6.61 Å². The van der Waals surface area contributed by atoms with Gasteiger partial charge in [0.15, 0.2) is 0 Å². The molecule has 1 atom stereocenters. The average molecular weight is 495 g/mol. The first-order valence-corrected chi connectivity index (χ1v) is 10.8. The molecule has 0 heterocycles. The summed E-state index contributed by atoms with van der Waals surface area (Å²) in [6.45, 7) is 6.46. The average Bonchev–Trinajstić information content (AvgIpc) is 2.76. The summed E-state index contributed by atoms with van der Waals surface area (Å²) in [4.78, 5) is 51.9. The number of hydrogen-bond donors (Lipinski definition) is 0. The van der Waals surface area contributed by atoms with E-state index in [1.165, 1.54) is 24.3 Å². The number of ether oxygens (including phenoxy) is 2. The van der Waals surface area contributed by atoms with Gasteiger partial charge in [-0.25, -0.2) is 14.6 Å². The summed E-state index contributed by atoms with van der Waals surface area (Å²) < 4.78 is 9.73. The van der Waals surface area contributed by atoms with Gasteiger partial charge in [0.2, 0.25) is 0 Å². The molecule has 0 aliphatic rings. The van der Waals surface area contributed by atoms with E-state index in [2.05, 4.69) is 0 Å². The van der Waals surface area contributed by atoms with Crippen LogP contribution in [0.1, 0.15) is 48.4 Å². The molecule has 2 aromatic rings. The van der Waals surface area contributed by atoms with Gasteiger partial charge in [-0.2, -0.15) is 0 Å². The Labute approximate surface area is 201 Å². The van der Waals surface area contributed by atoms with E-state index in [1.807, 2.05) is 0 Å². The van der Waals surface area contributed by atoms with Gasteiger partial charge in [0.25, 0.3) is 17.4 Å². The van der Waals surface area contributed by atoms with Crippen LogP contribution in [-0.2, 0) is 14.3 Å². The van der Waals surface area contributed by atoms with Crippen molar-refractivity contribution < 1.29 is 28.7 Å². The molecule has 0 aliphatic carbocycles. The minimum atomic E-state index is -1.83. The molecule has 176 valence electrons. The number of carbonyl (C=O) groups is 4. The molecule has 8 nitrogen and oxygen atoms in total. The Morgan fingerprint density at radius 1 is 0.909 bits per heavy atom. The maximum atomic E-state index is 13.4. The highest BCUT2D eigenvalue weighted by molar-refractivity contribution is 6.30. The zero-order chi connectivity index (χ0) is 24.8. The summed E-state index contributed by atoms with van der Waals surface area (Å²) in [5.41, 5.74) is -2.62. The summed E-state index contributed by atoms with van der Waals surface area (Å²) in [7, 11) is 0. The lowest BCUT2D eigenvalue weighted by atomic mass is 10.1. The second-order valence-electron chi connectivity index (χ2n) is 7.73. The normalized spacial score (nSPS) is 11.8. The van der Waals surface area contributed by atoms with Crippen LogP contribution in [0.15, 0.2) is 54.6 Å². The summed E-state index contributed by atoms with van der Waals surface area (Å²) in [5, 5.41) is 1.85. The van der Waals surface area contributed by atoms with Gasteiger partial charge in [-0.3, -0.25) is 9.59 Å². The number of hydrazine groups is 1. The van der Waals surface area contributed by atoms with Gasteiger partial charge < -0.3 is 9.47 Å². The monoisotopic (exact) mass is 494 g/mol. The fourth-order valence-electron chi connectivity index (χ4n) is 2.76. The van der Waals surface area contributed by atoms with Crippen LogP contribution in [0.5, 0.6) is 0 Å². The fourth-order valence-corrected chi connectivity index (χ4v) is 3.03. The van der Waals surface area contributed by atoms with Crippen LogP contribution in [0, 0.1) is 0 Å². The van der Waals surface area contributed by atoms with E-state index < -0.39 is 35.0 Å². The van der Waals surface area contributed by atoms with Crippen LogP contribution in [-0.4, -0.2) is 51.6 Å². The first kappa shape index (κ1) is 26.2. The van der Waals surface area contributed by atoms with Gasteiger partial charge in [-0.15, -0.1) is 5.01 Å². The molecule has 0 bridgehead atoms. The zero-order valence-corrected chi connectivity index (χ0v) is 20.1. The van der Waals surface area contributed by atoms with E-state index in [0.29, 0.717) is 10.0 Å². The lowest BCUT2D eigenvalue weighted by molar-refractivity contribution is -0.149. The zero-order valence-electron chi connectivity index (χ0n) is 18.6. The van der Waals surface area contributed by atoms with Crippen molar-refractivity contribution in [1.29, 1.82) is 0 Å². The molecule has 0 saturated heterocycles. The molecular weight excluding hydrogens is 471 g/mol. The van der Waals surface area contributed by atoms with Gasteiger partial charge in [0.05, 0.1) is 12.1 Å². The van der Waals surface area contributed by atoms with Crippen LogP contribution in [0.2, 0.25) is 5.02 Å². The topological polar surface area (TPSA) is 93.2 Å². The number of carbonyl (C=O) groups excluding carboxylic acids is 4. The third kappa shape index (κ3) is 6.69. The second kappa shape index (κ2) is 11.2. The van der Waals surface area contributed by atoms with Crippen molar-refractivity contribution >= 4 is 47.1 Å². The minimum absolute atomic E-state index is 0.00757. The number of imide groups is 1. The van der Waals surface area contributed by atoms with Gasteiger partial charge in [-0.1, -0.05) is 41.4 Å². The summed E-state index contributed by atoms with van der Waals surface area (Å²) >= 11 is 11.8. The Balaban J connectivity index is 2.55. The highest BCUT2D eigenvalue weighted by atomic mass is 35.5. The number of esters is 1. The lowest BCUT2D eigenvalue weighted by Crippen LogP contribution is -2.60. The molecule has 0 radical (unpaired) electrons. The van der Waals surface area contributed by atoms with E-state index >= 15 is 0 Å². The Hall–Kier alpha value is -3.10. The van der Waals surface area contributed by atoms with Gasteiger partial charge in [0, 0.05) is 16.1 Å². The minimum Gasteiger partial charge on any atom is -0.462 e. The fraction of sp³-hybridized carbons (Fsp3) is 0.304. The number of halogens is 2. The summed E-state index contributed by atoms with van der Waals surface area (Å²) in [5.74, 6) is -2.55. The first-order valence-electron chi connectivity index (χ1n) is 9.98. The van der Waals surface area contributed by atoms with E-state index in [4.69, 9.17) is 32.7 Å². The van der Waals surface area contributed by atoms with Crippen molar-refractivity contribution in [1.82, 2.24) is 10.0 Å². The van der Waals surface area contributed by atoms with Gasteiger partial charge in [0.1, 0.15) is 0 Å². The quantitative estimate of drug-likeness (QED) is 0.333. The van der Waals surface area contributed by atoms with Crippen molar-refractivity contribution in [3.63, 3.8) is 0 Å². The molecule has 3 amide bonds. The van der Waals surface area contributed by atoms with Crippen LogP contribution >= 0.6 is 23.2 Å². The molecule has 10 heteroatoms. The van der Waals surface area contributed by atoms with Gasteiger partial charge >= 0.3 is 12.1 Å². The van der Waals surface area contributed by atoms with Crippen LogP contribution in [0.25, 0.3) is 0 Å². The van der Waals surface area contributed by atoms with E-state index in [0.717, 1.165) is 5.01 Å². The molecular formula is C23H24Cl2N2O6. The molecule has 1 unspecified atom stereocenters. The predicted molar refractivity (Wildman–Crippen MR) is 123 cm³/mol. The Bertz CT molecular complexity index is 1010. The van der Waals surface area contributed by atoms with Crippen molar-refractivity contribution in [2.24, 2.45) is 0 Å². The Kier molecular flexibility index (Phi) is 8.84. The number of rotatable bonds is 5. The number of alkyl halides is 1. The molecule has 0 aromatic heterocycles. The first-order chi connectivity index (χ1) is 15.5. The molecule has 33 heavy (non-hydrogen) atoms. The number of nitrogens with zero attached hydrogens (tertiary/aromatic N) is 2. The second-order valence-corrected chi connectivity index (χ2v) is 8.56. The predicted octanol–water partition coefficient (Wildman–Crippen LogP) is 4.90. The SMILES string of the molecule is CCOC(=O)C(Cl)OC(=O)N(C(=O)c1ccc(Cl)cc1)N(C(=O)c1ccccc1)C(C)(C)C. The smallest absolute Gasteiger partial charge is 0.438 e. The van der Waals surface area contributed by atoms with Crippen LogP contribution in [0.4, 0.5) is 4.79 Å². The van der Waals surface area contributed by atoms with E-state index in [9.17, 15) is 19.2 Å². The lowest BCUT2D eigenvalue weighted by Gasteiger charge is -2.41. The number of hydrogen-bond acceptors (Lipinski definition) is 6. The Morgan fingerprint density at radius 3 is 1.97 bits per heavy atom. The molecule has 0 spiro atoms. The molecule has 0 saturated carbocycles. The molecule has 2 aromatic carbocycles. The van der Waals surface area contributed by atoms with Gasteiger partial charge in [-0.05, 0) is 64.1 Å². The van der Waals surface area contributed by atoms with Crippen molar-refractivity contribution in [3.05, 3.63) is 70.7 Å². The number of benzene rings is 2. The van der Waals surface area contributed by atoms with E-state index in [-0.39, 0.29) is 17.7 Å². The maximum absolute atomic E-state index is 13.4. The molecule has 0 fully saturated rings. The molecule has 0 aliphatic heterocycles. The summed E-state index contributed by atoms with van der Waals surface area (Å²) in [6.07, 6.45) is -1.33. The van der Waals surface area contributed by atoms with Crippen molar-refractivity contribution in [3.8, 4) is 0 Å². The number of amides is 3. The van der Waals surface area contributed by atoms with Crippen molar-refractivity contribution in [2.45, 2.75) is 38.8 Å². The molecule has 2 rings (SSSR count). The van der Waals surface area contributed by atoms with Crippen LogP contribution in [0.3, 0.4) is 0 Å². The third-order valence-electron chi connectivity index (χ3n) is 4.18. The highest BCUT2D eigenvalue weighted by Gasteiger charge is 2.42. The Morgan fingerprint density at radius 2 is 1.45 bits per heavy atom. The maximum Gasteiger partial charge on any atom is 0.438 e. The highest BCUT2D eigenvalue weighted by Crippen LogP contribution is 2.24. The largest absolute Gasteiger partial charge is 0.462 e. The van der Waals surface area contributed by atoms with Crippen LogP contribution < -0.4 is 0 Å². The van der Waals surface area contributed by atoms with E-state index in [1.54, 1.807) is 58.0 Å².